The maximum absolute atomic E-state index is 15.4. The molecule has 3 aromatic rings. The molecule has 1 fully saturated rings. The highest BCUT2D eigenvalue weighted by Gasteiger charge is 2.27. The van der Waals surface area contributed by atoms with E-state index in [4.69, 9.17) is 0 Å². The predicted molar refractivity (Wildman–Crippen MR) is 160 cm³/mol. The largest absolute Gasteiger partial charge is 0.477 e. The molecular formula is C36H41F5O2. The monoisotopic (exact) mass is 600 g/mol. The highest BCUT2D eigenvalue weighted by molar-refractivity contribution is 5.94. The molecule has 0 aromatic heterocycles. The third kappa shape index (κ3) is 8.45. The minimum Gasteiger partial charge on any atom is -0.477 e. The molecule has 7 heteroatoms. The Kier molecular flexibility index (Phi) is 11.8. The summed E-state index contributed by atoms with van der Waals surface area (Å²) in [7, 11) is 0. The van der Waals surface area contributed by atoms with Crippen LogP contribution in [0.2, 0.25) is 0 Å². The van der Waals surface area contributed by atoms with E-state index in [9.17, 15) is 27.5 Å². The molecule has 0 unspecified atom stereocenters. The predicted octanol–water partition coefficient (Wildman–Crippen LogP) is 11.3. The number of carboxylic acids is 1. The molecule has 0 atom stereocenters. The van der Waals surface area contributed by atoms with Crippen molar-refractivity contribution in [3.05, 3.63) is 82.7 Å². The van der Waals surface area contributed by atoms with Gasteiger partial charge in [0.1, 0.15) is 17.2 Å². The summed E-state index contributed by atoms with van der Waals surface area (Å²) in [5.41, 5.74) is -0.897. The van der Waals surface area contributed by atoms with Gasteiger partial charge in [-0.15, -0.1) is 0 Å². The summed E-state index contributed by atoms with van der Waals surface area (Å²) in [5, 5.41) is 9.34. The fourth-order valence-electron chi connectivity index (χ4n) is 6.45. The van der Waals surface area contributed by atoms with Crippen molar-refractivity contribution in [2.24, 2.45) is 11.8 Å². The smallest absolute Gasteiger partial charge is 0.341 e. The van der Waals surface area contributed by atoms with Gasteiger partial charge in [-0.25, -0.2) is 26.7 Å². The summed E-state index contributed by atoms with van der Waals surface area (Å²) in [6, 6.07) is 8.98. The number of carboxylic acid groups (broad SMARTS) is 1. The van der Waals surface area contributed by atoms with Gasteiger partial charge in [-0.05, 0) is 65.1 Å². The average Bonchev–Trinajstić information content (AvgIpc) is 2.98. The summed E-state index contributed by atoms with van der Waals surface area (Å²) in [6.45, 7) is 2.24. The van der Waals surface area contributed by atoms with Crippen molar-refractivity contribution in [1.29, 1.82) is 0 Å². The van der Waals surface area contributed by atoms with Crippen LogP contribution in [0.4, 0.5) is 22.0 Å². The zero-order chi connectivity index (χ0) is 30.9. The number of rotatable bonds is 14. The molecule has 0 bridgehead atoms. The van der Waals surface area contributed by atoms with Gasteiger partial charge in [-0.2, -0.15) is 0 Å². The Labute approximate surface area is 251 Å². The number of aromatic carboxylic acids is 1. The van der Waals surface area contributed by atoms with Gasteiger partial charge in [-0.1, -0.05) is 108 Å². The van der Waals surface area contributed by atoms with Crippen molar-refractivity contribution in [3.63, 3.8) is 0 Å². The Bertz CT molecular complexity index is 1350. The van der Waals surface area contributed by atoms with Gasteiger partial charge in [0.05, 0.1) is 0 Å². The fraction of sp³-hybridized carbons (Fsp3) is 0.472. The van der Waals surface area contributed by atoms with E-state index in [1.165, 1.54) is 77.0 Å². The lowest BCUT2D eigenvalue weighted by atomic mass is 9.77. The third-order valence-electron chi connectivity index (χ3n) is 8.99. The Morgan fingerprint density at radius 3 is 1.84 bits per heavy atom. The first-order valence-electron chi connectivity index (χ1n) is 15.7. The summed E-state index contributed by atoms with van der Waals surface area (Å²) in [4.78, 5) is 11.5. The molecule has 43 heavy (non-hydrogen) atoms. The highest BCUT2D eigenvalue weighted by atomic mass is 19.2. The number of carbonyl (C=O) groups is 1. The van der Waals surface area contributed by atoms with E-state index in [1.54, 1.807) is 12.1 Å². The topological polar surface area (TPSA) is 37.3 Å². The molecule has 0 spiro atoms. The highest BCUT2D eigenvalue weighted by Crippen LogP contribution is 2.39. The molecule has 3 aromatic carbocycles. The third-order valence-corrected chi connectivity index (χ3v) is 8.99. The van der Waals surface area contributed by atoms with Crippen LogP contribution in [0.25, 0.3) is 22.3 Å². The van der Waals surface area contributed by atoms with Gasteiger partial charge in [0.25, 0.3) is 0 Å². The van der Waals surface area contributed by atoms with Gasteiger partial charge in [-0.3, -0.25) is 0 Å². The zero-order valence-corrected chi connectivity index (χ0v) is 24.8. The quantitative estimate of drug-likeness (QED) is 0.114. The van der Waals surface area contributed by atoms with Crippen LogP contribution in [0.1, 0.15) is 106 Å². The molecule has 0 saturated heterocycles. The average molecular weight is 601 g/mol. The fourth-order valence-corrected chi connectivity index (χ4v) is 6.45. The van der Waals surface area contributed by atoms with Crippen LogP contribution < -0.4 is 0 Å². The van der Waals surface area contributed by atoms with E-state index in [-0.39, 0.29) is 5.56 Å². The van der Waals surface area contributed by atoms with Crippen LogP contribution in [-0.4, -0.2) is 11.1 Å². The molecule has 2 nitrogen and oxygen atoms in total. The van der Waals surface area contributed by atoms with Crippen molar-refractivity contribution >= 4 is 5.97 Å². The Balaban J connectivity index is 1.39. The number of halogens is 5. The van der Waals surface area contributed by atoms with Gasteiger partial charge < -0.3 is 5.11 Å². The van der Waals surface area contributed by atoms with Crippen molar-refractivity contribution in [3.8, 4) is 22.3 Å². The maximum Gasteiger partial charge on any atom is 0.341 e. The van der Waals surface area contributed by atoms with Crippen LogP contribution in [-0.2, 0) is 6.42 Å². The first-order valence-corrected chi connectivity index (χ1v) is 15.7. The molecule has 232 valence electrons. The standard InChI is InChI=1S/C36H41F5O2/c1-2-3-4-5-6-7-8-9-23-10-12-24(13-11-23)14-15-25-16-18-26(19-17-25)28-22-29(37)33(36(42)43)35(41)32(28)27-20-30(38)34(40)31(39)21-27/h16-24H,2-15H2,1H3,(H,42,43)/t23-,24-. The Hall–Kier alpha value is -3.22. The number of hydrogen-bond acceptors (Lipinski definition) is 1. The van der Waals surface area contributed by atoms with E-state index >= 15 is 4.39 Å². The SMILES string of the molecule is CCCCCCCCC[C@H]1CC[C@H](CCc2ccc(-c3cc(F)c(C(=O)O)c(F)c3-c3cc(F)c(F)c(F)c3)cc2)CC1. The molecule has 0 radical (unpaired) electrons. The zero-order valence-electron chi connectivity index (χ0n) is 24.8. The Morgan fingerprint density at radius 2 is 1.26 bits per heavy atom. The molecular weight excluding hydrogens is 559 g/mol. The number of hydrogen-bond donors (Lipinski definition) is 1. The molecule has 1 aliphatic rings. The summed E-state index contributed by atoms with van der Waals surface area (Å²) in [5.74, 6) is -8.03. The molecule has 0 aliphatic heterocycles. The second-order valence-electron chi connectivity index (χ2n) is 12.1. The minimum atomic E-state index is -1.87. The van der Waals surface area contributed by atoms with Crippen LogP contribution in [0, 0.1) is 40.9 Å². The van der Waals surface area contributed by atoms with Crippen LogP contribution in [0.5, 0.6) is 0 Å². The molecule has 1 aliphatic carbocycles. The van der Waals surface area contributed by atoms with Crippen molar-refractivity contribution < 1.29 is 31.9 Å². The van der Waals surface area contributed by atoms with Crippen LogP contribution >= 0.6 is 0 Å². The number of aryl methyl sites for hydroxylation is 1. The van der Waals surface area contributed by atoms with Crippen LogP contribution in [0.15, 0.2) is 42.5 Å². The lowest BCUT2D eigenvalue weighted by Gasteiger charge is -2.28. The first-order chi connectivity index (χ1) is 20.7. The molecule has 1 saturated carbocycles. The van der Waals surface area contributed by atoms with Gasteiger partial charge in [0.2, 0.25) is 0 Å². The van der Waals surface area contributed by atoms with Crippen LogP contribution in [0.3, 0.4) is 0 Å². The summed E-state index contributed by atoms with van der Waals surface area (Å²) < 4.78 is 71.8. The second-order valence-corrected chi connectivity index (χ2v) is 12.1. The summed E-state index contributed by atoms with van der Waals surface area (Å²) >= 11 is 0. The minimum absolute atomic E-state index is 0.0868. The van der Waals surface area contributed by atoms with Crippen molar-refractivity contribution in [2.75, 3.05) is 0 Å². The molecule has 4 rings (SSSR count). The number of benzene rings is 3. The molecule has 0 amide bonds. The number of unbranched alkanes of at least 4 members (excludes halogenated alkanes) is 6. The summed E-state index contributed by atoms with van der Waals surface area (Å²) in [6.07, 6.45) is 17.7. The first kappa shape index (κ1) is 32.7. The second kappa shape index (κ2) is 15.5. The van der Waals surface area contributed by atoms with E-state index in [0.717, 1.165) is 30.4 Å². The van der Waals surface area contributed by atoms with Crippen molar-refractivity contribution in [2.45, 2.75) is 96.8 Å². The van der Waals surface area contributed by atoms with Gasteiger partial charge >= 0.3 is 5.97 Å². The lowest BCUT2D eigenvalue weighted by molar-refractivity contribution is 0.0686. The van der Waals surface area contributed by atoms with E-state index in [1.807, 2.05) is 12.1 Å². The van der Waals surface area contributed by atoms with Gasteiger partial charge in [0, 0.05) is 5.56 Å². The van der Waals surface area contributed by atoms with Gasteiger partial charge in [0.15, 0.2) is 17.5 Å². The van der Waals surface area contributed by atoms with E-state index in [0.29, 0.717) is 23.6 Å². The van der Waals surface area contributed by atoms with E-state index in [2.05, 4.69) is 6.92 Å². The Morgan fingerprint density at radius 1 is 0.698 bits per heavy atom. The van der Waals surface area contributed by atoms with E-state index < -0.39 is 51.7 Å². The lowest BCUT2D eigenvalue weighted by Crippen LogP contribution is -2.15. The molecule has 0 heterocycles. The maximum atomic E-state index is 15.4. The normalized spacial score (nSPS) is 16.9. The molecule has 1 N–H and O–H groups in total. The van der Waals surface area contributed by atoms with Crippen molar-refractivity contribution in [1.82, 2.24) is 0 Å².